The fourth-order valence-electron chi connectivity index (χ4n) is 1.42. The first-order valence-corrected chi connectivity index (χ1v) is 5.61. The molecule has 84 valence electrons. The number of hydrogen-bond donors (Lipinski definition) is 2. The number of nitrogens with one attached hydrogen (secondary N) is 1. The fraction of sp³-hybridized carbons (Fsp3) is 0.182. The minimum absolute atomic E-state index is 0.0484. The molecule has 1 aromatic carbocycles. The zero-order valence-corrected chi connectivity index (χ0v) is 9.96. The van der Waals surface area contributed by atoms with Gasteiger partial charge in [-0.1, -0.05) is 0 Å². The van der Waals surface area contributed by atoms with Crippen LogP contribution in [0.15, 0.2) is 28.7 Å². The molecule has 0 aliphatic carbocycles. The van der Waals surface area contributed by atoms with Crippen LogP contribution in [0.4, 0.5) is 10.2 Å². The number of anilines is 1. The predicted octanol–water partition coefficient (Wildman–Crippen LogP) is 2.54. The summed E-state index contributed by atoms with van der Waals surface area (Å²) in [7, 11) is 0. The van der Waals surface area contributed by atoms with Crippen LogP contribution in [0.2, 0.25) is 0 Å². The Kier molecular flexibility index (Phi) is 3.36. The van der Waals surface area contributed by atoms with Gasteiger partial charge in [0.2, 0.25) is 0 Å². The van der Waals surface area contributed by atoms with Crippen LogP contribution in [0.25, 0.3) is 10.9 Å². The van der Waals surface area contributed by atoms with E-state index in [2.05, 4.69) is 26.2 Å². The summed E-state index contributed by atoms with van der Waals surface area (Å²) in [5.41, 5.74) is 0.705. The normalized spacial score (nSPS) is 10.7. The lowest BCUT2D eigenvalue weighted by molar-refractivity contribution is 0.311. The van der Waals surface area contributed by atoms with E-state index in [0.717, 1.165) is 5.39 Å². The van der Waals surface area contributed by atoms with Gasteiger partial charge in [-0.2, -0.15) is 0 Å². The number of hydrogen-bond acceptors (Lipinski definition) is 3. The first-order chi connectivity index (χ1) is 7.72. The number of benzene rings is 1. The highest BCUT2D eigenvalue weighted by atomic mass is 79.9. The highest BCUT2D eigenvalue weighted by molar-refractivity contribution is 9.10. The molecule has 0 amide bonds. The number of pyridine rings is 1. The Morgan fingerprint density at radius 2 is 2.12 bits per heavy atom. The average molecular weight is 285 g/mol. The zero-order valence-electron chi connectivity index (χ0n) is 8.37. The number of aliphatic hydroxyl groups excluding tert-OH is 1. The van der Waals surface area contributed by atoms with Gasteiger partial charge in [0.25, 0.3) is 0 Å². The van der Waals surface area contributed by atoms with E-state index in [9.17, 15) is 4.39 Å². The van der Waals surface area contributed by atoms with Crippen LogP contribution in [0, 0.1) is 5.82 Å². The average Bonchev–Trinajstić information content (AvgIpc) is 2.31. The van der Waals surface area contributed by atoms with Crippen molar-refractivity contribution in [3.63, 3.8) is 0 Å². The van der Waals surface area contributed by atoms with E-state index in [4.69, 9.17) is 5.11 Å². The highest BCUT2D eigenvalue weighted by Gasteiger charge is 2.05. The molecule has 0 radical (unpaired) electrons. The van der Waals surface area contributed by atoms with Crippen LogP contribution in [0.3, 0.4) is 0 Å². The second kappa shape index (κ2) is 4.76. The van der Waals surface area contributed by atoms with E-state index >= 15 is 0 Å². The van der Waals surface area contributed by atoms with E-state index in [1.165, 1.54) is 6.07 Å². The maximum atomic E-state index is 13.2. The standard InChI is InChI=1S/C11H10BrFN2O/c12-11-7-1-4-10(14-5-6-16)15-9(7)3-2-8(11)13/h1-4,16H,5-6H2,(H,14,15). The number of fused-ring (bicyclic) bond motifs is 1. The molecule has 2 aromatic rings. The summed E-state index contributed by atoms with van der Waals surface area (Å²) in [6.07, 6.45) is 0. The van der Waals surface area contributed by atoms with Crippen molar-refractivity contribution in [1.82, 2.24) is 4.98 Å². The summed E-state index contributed by atoms with van der Waals surface area (Å²) in [5, 5.41) is 12.4. The molecule has 0 aliphatic heterocycles. The minimum atomic E-state index is -0.301. The monoisotopic (exact) mass is 284 g/mol. The molecule has 0 saturated carbocycles. The van der Waals surface area contributed by atoms with Gasteiger partial charge in [0.1, 0.15) is 11.6 Å². The number of aliphatic hydroxyl groups is 1. The Hall–Kier alpha value is -1.20. The molecule has 1 aromatic heterocycles. The Balaban J connectivity index is 2.44. The first kappa shape index (κ1) is 11.3. The maximum Gasteiger partial charge on any atom is 0.138 e. The van der Waals surface area contributed by atoms with Crippen LogP contribution < -0.4 is 5.32 Å². The molecule has 5 heteroatoms. The molecule has 2 rings (SSSR count). The molecule has 0 bridgehead atoms. The predicted molar refractivity (Wildman–Crippen MR) is 65.0 cm³/mol. The number of rotatable bonds is 3. The molecule has 0 unspecified atom stereocenters. The van der Waals surface area contributed by atoms with Crippen LogP contribution >= 0.6 is 15.9 Å². The van der Waals surface area contributed by atoms with Crippen molar-refractivity contribution in [1.29, 1.82) is 0 Å². The molecule has 16 heavy (non-hydrogen) atoms. The van der Waals surface area contributed by atoms with Crippen molar-refractivity contribution in [2.24, 2.45) is 0 Å². The molecule has 0 fully saturated rings. The molecular formula is C11H10BrFN2O. The number of nitrogens with zero attached hydrogens (tertiary/aromatic N) is 1. The van der Waals surface area contributed by atoms with Gasteiger partial charge in [0, 0.05) is 11.9 Å². The lowest BCUT2D eigenvalue weighted by atomic mass is 10.2. The van der Waals surface area contributed by atoms with Gasteiger partial charge in [0.05, 0.1) is 16.6 Å². The molecular weight excluding hydrogens is 275 g/mol. The Bertz CT molecular complexity index is 519. The molecule has 0 atom stereocenters. The molecule has 1 heterocycles. The first-order valence-electron chi connectivity index (χ1n) is 4.82. The topological polar surface area (TPSA) is 45.1 Å². The lowest BCUT2D eigenvalue weighted by Crippen LogP contribution is -2.06. The summed E-state index contributed by atoms with van der Waals surface area (Å²) in [4.78, 5) is 4.30. The van der Waals surface area contributed by atoms with Gasteiger partial charge in [-0.05, 0) is 40.2 Å². The summed E-state index contributed by atoms with van der Waals surface area (Å²) in [6.45, 7) is 0.494. The molecule has 0 saturated heterocycles. The molecule has 2 N–H and O–H groups in total. The summed E-state index contributed by atoms with van der Waals surface area (Å²) in [5.74, 6) is 0.366. The summed E-state index contributed by atoms with van der Waals surface area (Å²) >= 11 is 3.18. The van der Waals surface area contributed by atoms with Crippen molar-refractivity contribution in [2.75, 3.05) is 18.5 Å². The van der Waals surface area contributed by atoms with Crippen molar-refractivity contribution in [3.8, 4) is 0 Å². The van der Waals surface area contributed by atoms with Crippen molar-refractivity contribution in [3.05, 3.63) is 34.6 Å². The van der Waals surface area contributed by atoms with Crippen molar-refractivity contribution in [2.45, 2.75) is 0 Å². The van der Waals surface area contributed by atoms with E-state index in [-0.39, 0.29) is 12.4 Å². The van der Waals surface area contributed by atoms with Gasteiger partial charge in [-0.25, -0.2) is 9.37 Å². The molecule has 0 aliphatic rings. The largest absolute Gasteiger partial charge is 0.395 e. The van der Waals surface area contributed by atoms with E-state index < -0.39 is 0 Å². The highest BCUT2D eigenvalue weighted by Crippen LogP contribution is 2.26. The van der Waals surface area contributed by atoms with Crippen molar-refractivity contribution >= 4 is 32.7 Å². The van der Waals surface area contributed by atoms with Crippen LogP contribution in [-0.2, 0) is 0 Å². The SMILES string of the molecule is OCCNc1ccc2c(Br)c(F)ccc2n1. The van der Waals surface area contributed by atoms with Crippen LogP contribution in [0.1, 0.15) is 0 Å². The molecule has 0 spiro atoms. The summed E-state index contributed by atoms with van der Waals surface area (Å²) in [6, 6.07) is 6.53. The third-order valence-electron chi connectivity index (χ3n) is 2.18. The third-order valence-corrected chi connectivity index (χ3v) is 2.98. The summed E-state index contributed by atoms with van der Waals surface area (Å²) < 4.78 is 13.7. The number of halogens is 2. The maximum absolute atomic E-state index is 13.2. The van der Waals surface area contributed by atoms with Gasteiger partial charge in [0.15, 0.2) is 0 Å². The Morgan fingerprint density at radius 1 is 1.31 bits per heavy atom. The van der Waals surface area contributed by atoms with Crippen LogP contribution in [0.5, 0.6) is 0 Å². The zero-order chi connectivity index (χ0) is 11.5. The third kappa shape index (κ3) is 2.15. The van der Waals surface area contributed by atoms with E-state index in [1.807, 2.05) is 0 Å². The quantitative estimate of drug-likeness (QED) is 0.911. The lowest BCUT2D eigenvalue weighted by Gasteiger charge is -2.06. The second-order valence-corrected chi connectivity index (χ2v) is 4.07. The van der Waals surface area contributed by atoms with E-state index in [1.54, 1.807) is 18.2 Å². The van der Waals surface area contributed by atoms with Gasteiger partial charge < -0.3 is 10.4 Å². The Labute approximate surface area is 100 Å². The minimum Gasteiger partial charge on any atom is -0.395 e. The fourth-order valence-corrected chi connectivity index (χ4v) is 1.89. The van der Waals surface area contributed by atoms with Gasteiger partial charge in [-0.3, -0.25) is 0 Å². The van der Waals surface area contributed by atoms with Gasteiger partial charge >= 0.3 is 0 Å². The Morgan fingerprint density at radius 3 is 2.88 bits per heavy atom. The van der Waals surface area contributed by atoms with E-state index in [0.29, 0.717) is 22.4 Å². The smallest absolute Gasteiger partial charge is 0.138 e. The van der Waals surface area contributed by atoms with Crippen LogP contribution in [-0.4, -0.2) is 23.2 Å². The van der Waals surface area contributed by atoms with Gasteiger partial charge in [-0.15, -0.1) is 0 Å². The molecule has 3 nitrogen and oxygen atoms in total. The second-order valence-electron chi connectivity index (χ2n) is 3.27. The van der Waals surface area contributed by atoms with Crippen molar-refractivity contribution < 1.29 is 9.50 Å². The number of aromatic nitrogens is 1.